The zero-order valence-corrected chi connectivity index (χ0v) is 20.8. The fraction of sp³-hybridized carbons (Fsp3) is 0.615. The van der Waals surface area contributed by atoms with E-state index < -0.39 is 11.2 Å². The summed E-state index contributed by atoms with van der Waals surface area (Å²) in [7, 11) is 0. The average Bonchev–Trinajstić information content (AvgIpc) is 3.56. The van der Waals surface area contributed by atoms with Gasteiger partial charge < -0.3 is 21.3 Å². The first kappa shape index (κ1) is 25.2. The van der Waals surface area contributed by atoms with Crippen molar-refractivity contribution >= 4 is 17.5 Å². The summed E-state index contributed by atoms with van der Waals surface area (Å²) in [6, 6.07) is 7.35. The Kier molecular flexibility index (Phi) is 7.67. The van der Waals surface area contributed by atoms with Gasteiger partial charge in [-0.05, 0) is 50.8 Å². The first-order valence-corrected chi connectivity index (χ1v) is 12.9. The number of nitrogens with one attached hydrogen (secondary N) is 1. The number of hydrogen-bond acceptors (Lipinski definition) is 5. The number of halogens is 1. The third-order valence-corrected chi connectivity index (χ3v) is 7.44. The summed E-state index contributed by atoms with van der Waals surface area (Å²) >= 11 is 6.39. The first-order chi connectivity index (χ1) is 16.2. The maximum Gasteiger partial charge on any atom is 0.252 e. The summed E-state index contributed by atoms with van der Waals surface area (Å²) in [4.78, 5) is 13.0. The zero-order valence-electron chi connectivity index (χ0n) is 20.0. The molecule has 1 aromatic heterocycles. The summed E-state index contributed by atoms with van der Waals surface area (Å²) < 4.78 is 1.85. The fourth-order valence-corrected chi connectivity index (χ4v) is 4.94. The second-order valence-corrected chi connectivity index (χ2v) is 10.9. The quantitative estimate of drug-likeness (QED) is 0.448. The molecule has 34 heavy (non-hydrogen) atoms. The van der Waals surface area contributed by atoms with Crippen LogP contribution in [0.3, 0.4) is 0 Å². The normalized spacial score (nSPS) is 20.3. The van der Waals surface area contributed by atoms with Crippen molar-refractivity contribution in [2.75, 3.05) is 13.1 Å². The minimum absolute atomic E-state index is 0.143. The number of carbonyl (C=O) groups is 1. The van der Waals surface area contributed by atoms with Crippen molar-refractivity contribution in [3.63, 3.8) is 0 Å². The molecule has 8 heteroatoms. The third-order valence-electron chi connectivity index (χ3n) is 7.11. The highest BCUT2D eigenvalue weighted by Crippen LogP contribution is 2.41. The molecule has 0 radical (unpaired) electrons. The molecule has 1 atom stereocenters. The molecule has 2 aliphatic rings. The second-order valence-electron chi connectivity index (χ2n) is 10.5. The topological polar surface area (TPSA) is 113 Å². The summed E-state index contributed by atoms with van der Waals surface area (Å²) in [5.41, 5.74) is 6.78. The smallest absolute Gasteiger partial charge is 0.252 e. The van der Waals surface area contributed by atoms with E-state index in [2.05, 4.69) is 5.32 Å². The van der Waals surface area contributed by atoms with Gasteiger partial charge in [0.15, 0.2) is 0 Å². The van der Waals surface area contributed by atoms with E-state index in [-0.39, 0.29) is 19.0 Å². The monoisotopic (exact) mass is 488 g/mol. The zero-order chi connectivity index (χ0) is 24.3. The van der Waals surface area contributed by atoms with E-state index in [9.17, 15) is 15.0 Å². The molecule has 2 aromatic rings. The van der Waals surface area contributed by atoms with Crippen LogP contribution in [0.5, 0.6) is 0 Å². The van der Waals surface area contributed by atoms with Gasteiger partial charge in [-0.1, -0.05) is 49.8 Å². The molecule has 1 aromatic carbocycles. The van der Waals surface area contributed by atoms with Crippen molar-refractivity contribution < 1.29 is 15.0 Å². The molecule has 1 heterocycles. The predicted octanol–water partition coefficient (Wildman–Crippen LogP) is 4.00. The number of benzene rings is 1. The lowest BCUT2D eigenvalue weighted by molar-refractivity contribution is 0.0146. The van der Waals surface area contributed by atoms with Crippen LogP contribution in [0.15, 0.2) is 24.3 Å². The molecular formula is C26H37ClN4O3. The summed E-state index contributed by atoms with van der Waals surface area (Å²) in [5, 5.41) is 29.5. The lowest BCUT2D eigenvalue weighted by Crippen LogP contribution is -2.43. The highest BCUT2D eigenvalue weighted by Gasteiger charge is 2.31. The Morgan fingerprint density at radius 2 is 1.91 bits per heavy atom. The predicted molar refractivity (Wildman–Crippen MR) is 134 cm³/mol. The van der Waals surface area contributed by atoms with Gasteiger partial charge in [-0.25, -0.2) is 0 Å². The fourth-order valence-electron chi connectivity index (χ4n) is 4.73. The largest absolute Gasteiger partial charge is 0.388 e. The van der Waals surface area contributed by atoms with Crippen molar-refractivity contribution in [1.29, 1.82) is 0 Å². The van der Waals surface area contributed by atoms with Gasteiger partial charge in [-0.15, -0.1) is 0 Å². The molecule has 2 saturated carbocycles. The highest BCUT2D eigenvalue weighted by atomic mass is 35.5. The minimum Gasteiger partial charge on any atom is -0.388 e. The number of nitrogens with two attached hydrogens (primary N) is 1. The molecule has 4 rings (SSSR count). The minimum atomic E-state index is -1.05. The Morgan fingerprint density at radius 1 is 1.24 bits per heavy atom. The van der Waals surface area contributed by atoms with Crippen LogP contribution >= 0.6 is 11.6 Å². The molecule has 0 bridgehead atoms. The van der Waals surface area contributed by atoms with Gasteiger partial charge in [-0.2, -0.15) is 5.10 Å². The van der Waals surface area contributed by atoms with Crippen LogP contribution in [0.25, 0.3) is 11.3 Å². The van der Waals surface area contributed by atoms with E-state index in [1.54, 1.807) is 19.1 Å². The lowest BCUT2D eigenvalue weighted by atomic mass is 9.87. The molecule has 0 saturated heterocycles. The number of aliphatic hydroxyl groups is 2. The second kappa shape index (κ2) is 10.4. The maximum atomic E-state index is 13.0. The van der Waals surface area contributed by atoms with Crippen molar-refractivity contribution in [3.05, 3.63) is 40.5 Å². The summed E-state index contributed by atoms with van der Waals surface area (Å²) in [6.45, 7) is 2.39. The van der Waals surface area contributed by atoms with Crippen LogP contribution in [-0.4, -0.2) is 50.2 Å². The van der Waals surface area contributed by atoms with Crippen LogP contribution in [0.2, 0.25) is 5.02 Å². The number of amides is 1. The van der Waals surface area contributed by atoms with Crippen LogP contribution < -0.4 is 11.1 Å². The molecule has 5 N–H and O–H groups in total. The third kappa shape index (κ3) is 6.19. The molecule has 0 aliphatic heterocycles. The number of carbonyl (C=O) groups excluding carboxylic acids is 1. The van der Waals surface area contributed by atoms with Gasteiger partial charge in [0.25, 0.3) is 5.91 Å². The van der Waals surface area contributed by atoms with Gasteiger partial charge in [0.2, 0.25) is 0 Å². The summed E-state index contributed by atoms with van der Waals surface area (Å²) in [6.07, 6.45) is 9.04. The Hall–Kier alpha value is -1.93. The van der Waals surface area contributed by atoms with Gasteiger partial charge >= 0.3 is 0 Å². The van der Waals surface area contributed by atoms with Crippen molar-refractivity contribution in [2.45, 2.75) is 88.4 Å². The number of aromatic nitrogens is 2. The van der Waals surface area contributed by atoms with Gasteiger partial charge in [0.1, 0.15) is 0 Å². The van der Waals surface area contributed by atoms with E-state index in [4.69, 9.17) is 22.4 Å². The average molecular weight is 489 g/mol. The van der Waals surface area contributed by atoms with Crippen LogP contribution in [0.1, 0.15) is 86.7 Å². The van der Waals surface area contributed by atoms with E-state index in [0.29, 0.717) is 35.9 Å². The van der Waals surface area contributed by atoms with Crippen LogP contribution in [0.4, 0.5) is 0 Å². The highest BCUT2D eigenvalue weighted by molar-refractivity contribution is 6.34. The van der Waals surface area contributed by atoms with E-state index in [1.165, 1.54) is 6.42 Å². The number of rotatable bonds is 8. The Balaban J connectivity index is 1.52. The molecule has 1 unspecified atom stereocenters. The molecule has 0 spiro atoms. The Labute approximate surface area is 206 Å². The molecule has 186 valence electrons. The maximum absolute atomic E-state index is 13.0. The molecule has 1 amide bonds. The summed E-state index contributed by atoms with van der Waals surface area (Å²) in [5.74, 6) is 0.143. The Morgan fingerprint density at radius 3 is 2.56 bits per heavy atom. The number of hydrogen-bond donors (Lipinski definition) is 4. The van der Waals surface area contributed by atoms with Gasteiger partial charge in [0, 0.05) is 30.3 Å². The van der Waals surface area contributed by atoms with E-state index in [1.807, 2.05) is 16.8 Å². The van der Waals surface area contributed by atoms with Crippen molar-refractivity contribution in [2.24, 2.45) is 5.73 Å². The van der Waals surface area contributed by atoms with Crippen molar-refractivity contribution in [1.82, 2.24) is 15.1 Å². The van der Waals surface area contributed by atoms with E-state index in [0.717, 1.165) is 55.5 Å². The molecule has 2 aliphatic carbocycles. The van der Waals surface area contributed by atoms with E-state index >= 15 is 0 Å². The van der Waals surface area contributed by atoms with Gasteiger partial charge in [-0.3, -0.25) is 9.48 Å². The number of nitrogens with zero attached hydrogens (tertiary/aromatic N) is 2. The molecular weight excluding hydrogens is 452 g/mol. The van der Waals surface area contributed by atoms with Crippen LogP contribution in [-0.2, 0) is 6.54 Å². The molecule has 2 fully saturated rings. The SMILES string of the molecule is CC(O)(CN)Cn1nc(-c2ccc(Cl)c(C(=O)NCC3(O)CCCCCCC3)c2)cc1C1CC1. The molecule has 7 nitrogen and oxygen atoms in total. The lowest BCUT2D eigenvalue weighted by Gasteiger charge is -2.30. The van der Waals surface area contributed by atoms with Gasteiger partial charge in [0.05, 0.1) is 34.0 Å². The first-order valence-electron chi connectivity index (χ1n) is 12.5. The van der Waals surface area contributed by atoms with Crippen molar-refractivity contribution in [3.8, 4) is 11.3 Å². The standard InChI is InChI=1S/C26H37ClN4O3/c1-25(33,15-28)17-31-23(18-7-8-18)14-22(30-31)19-9-10-21(27)20(13-19)24(32)29-16-26(34)11-5-3-2-4-6-12-26/h9-10,13-14,18,33-34H,2-8,11-12,15-17,28H2,1H3,(H,29,32). The Bertz CT molecular complexity index is 1010. The van der Waals surface area contributed by atoms with Crippen LogP contribution in [0, 0.1) is 0 Å².